The minimum Gasteiger partial charge on any atom is -0.461 e. The Hall–Kier alpha value is -1.64. The van der Waals surface area contributed by atoms with E-state index in [2.05, 4.69) is 4.74 Å². The van der Waals surface area contributed by atoms with E-state index in [1.807, 2.05) is 6.07 Å². The Kier molecular flexibility index (Phi) is 3.85. The lowest BCUT2D eigenvalue weighted by atomic mass is 10.2. The molecule has 0 heterocycles. The van der Waals surface area contributed by atoms with Gasteiger partial charge in [-0.2, -0.15) is 4.39 Å². The predicted octanol–water partition coefficient (Wildman–Crippen LogP) is 2.56. The quantitative estimate of drug-likeness (QED) is 0.546. The molecule has 0 atom stereocenters. The van der Waals surface area contributed by atoms with Crippen LogP contribution in [0, 0.1) is 0 Å². The Morgan fingerprint density at radius 3 is 2.64 bits per heavy atom. The highest BCUT2D eigenvalue weighted by Crippen LogP contribution is 2.08. The van der Waals surface area contributed by atoms with E-state index in [1.165, 1.54) is 0 Å². The summed E-state index contributed by atoms with van der Waals surface area (Å²) in [6.45, 7) is 1.81. The molecule has 0 aliphatic rings. The number of carbonyl (C=O) groups excluding carboxylic acids is 1. The Morgan fingerprint density at radius 1 is 1.43 bits per heavy atom. The summed E-state index contributed by atoms with van der Waals surface area (Å²) >= 11 is 0. The Balaban J connectivity index is 2.74. The number of esters is 1. The van der Waals surface area contributed by atoms with Gasteiger partial charge in [0.2, 0.25) is 5.83 Å². The topological polar surface area (TPSA) is 26.3 Å². The van der Waals surface area contributed by atoms with Crippen molar-refractivity contribution < 1.29 is 13.9 Å². The number of halogens is 1. The monoisotopic (exact) mass is 194 g/mol. The number of carbonyl (C=O) groups is 1. The number of ether oxygens (including phenoxy) is 1. The Labute approximate surface area is 82.0 Å². The summed E-state index contributed by atoms with van der Waals surface area (Å²) in [4.78, 5) is 10.9. The molecule has 1 aromatic carbocycles. The van der Waals surface area contributed by atoms with Gasteiger partial charge in [-0.3, -0.25) is 0 Å². The highest BCUT2D eigenvalue weighted by atomic mass is 19.1. The zero-order valence-electron chi connectivity index (χ0n) is 7.87. The number of rotatable bonds is 3. The van der Waals surface area contributed by atoms with E-state index in [1.54, 1.807) is 31.2 Å². The maximum absolute atomic E-state index is 13.1. The average molecular weight is 194 g/mol. The lowest BCUT2D eigenvalue weighted by molar-refractivity contribution is -0.140. The molecule has 74 valence electrons. The molecule has 1 rings (SSSR count). The van der Waals surface area contributed by atoms with Crippen molar-refractivity contribution in [1.82, 2.24) is 0 Å². The fraction of sp³-hybridized carbons (Fsp3) is 0.182. The van der Waals surface area contributed by atoms with Gasteiger partial charge in [0.15, 0.2) is 0 Å². The van der Waals surface area contributed by atoms with Gasteiger partial charge in [0.1, 0.15) is 0 Å². The van der Waals surface area contributed by atoms with E-state index < -0.39 is 11.8 Å². The first-order valence-electron chi connectivity index (χ1n) is 4.33. The van der Waals surface area contributed by atoms with Crippen molar-refractivity contribution in [2.45, 2.75) is 6.92 Å². The summed E-state index contributed by atoms with van der Waals surface area (Å²) in [5, 5.41) is 0. The molecule has 14 heavy (non-hydrogen) atoms. The first kappa shape index (κ1) is 10.4. The molecule has 0 saturated carbocycles. The van der Waals surface area contributed by atoms with E-state index in [0.717, 1.165) is 6.08 Å². The summed E-state index contributed by atoms with van der Waals surface area (Å²) in [6, 6.07) is 8.77. The molecule has 0 N–H and O–H groups in total. The second kappa shape index (κ2) is 5.17. The van der Waals surface area contributed by atoms with Crippen LogP contribution >= 0.6 is 0 Å². The van der Waals surface area contributed by atoms with Gasteiger partial charge in [-0.1, -0.05) is 30.3 Å². The maximum atomic E-state index is 13.1. The van der Waals surface area contributed by atoms with Crippen molar-refractivity contribution in [2.75, 3.05) is 6.61 Å². The van der Waals surface area contributed by atoms with Gasteiger partial charge in [-0.25, -0.2) is 4.79 Å². The van der Waals surface area contributed by atoms with Crippen LogP contribution in [0.1, 0.15) is 12.5 Å². The van der Waals surface area contributed by atoms with Crippen molar-refractivity contribution in [3.63, 3.8) is 0 Å². The van der Waals surface area contributed by atoms with E-state index in [-0.39, 0.29) is 6.61 Å². The van der Waals surface area contributed by atoms with E-state index in [4.69, 9.17) is 0 Å². The minimum absolute atomic E-state index is 0.175. The molecule has 0 radical (unpaired) electrons. The molecular weight excluding hydrogens is 183 g/mol. The van der Waals surface area contributed by atoms with Gasteiger partial charge in [0.05, 0.1) is 6.61 Å². The van der Waals surface area contributed by atoms with Crippen molar-refractivity contribution in [1.29, 1.82) is 0 Å². The minimum atomic E-state index is -0.920. The molecule has 0 unspecified atom stereocenters. The zero-order chi connectivity index (χ0) is 10.4. The molecule has 1 aromatic rings. The van der Waals surface area contributed by atoms with Crippen LogP contribution in [0.5, 0.6) is 0 Å². The molecule has 0 spiro atoms. The third kappa shape index (κ3) is 3.01. The first-order chi connectivity index (χ1) is 6.74. The summed E-state index contributed by atoms with van der Waals surface area (Å²) in [5.74, 6) is -1.80. The van der Waals surface area contributed by atoms with Gasteiger partial charge in [-0.05, 0) is 18.6 Å². The SMILES string of the molecule is CCOC(=O)C(F)=Cc1ccccc1. The molecule has 0 bridgehead atoms. The van der Waals surface area contributed by atoms with Gasteiger partial charge in [0, 0.05) is 0 Å². The Bertz CT molecular complexity index is 330. The molecule has 0 amide bonds. The first-order valence-corrected chi connectivity index (χ1v) is 4.33. The maximum Gasteiger partial charge on any atom is 0.367 e. The summed E-state index contributed by atoms with van der Waals surface area (Å²) < 4.78 is 17.5. The van der Waals surface area contributed by atoms with E-state index in [9.17, 15) is 9.18 Å². The van der Waals surface area contributed by atoms with Crippen LogP contribution in [0.15, 0.2) is 36.2 Å². The largest absolute Gasteiger partial charge is 0.461 e. The van der Waals surface area contributed by atoms with Crippen LogP contribution in [-0.4, -0.2) is 12.6 Å². The normalized spacial score (nSPS) is 11.1. The molecule has 0 fully saturated rings. The standard InChI is InChI=1S/C11H11FO2/c1-2-14-11(13)10(12)8-9-6-4-3-5-7-9/h3-8H,2H2,1H3. The van der Waals surface area contributed by atoms with Gasteiger partial charge < -0.3 is 4.74 Å². The van der Waals surface area contributed by atoms with Crippen molar-refractivity contribution in [3.8, 4) is 0 Å². The van der Waals surface area contributed by atoms with Gasteiger partial charge in [0.25, 0.3) is 0 Å². The van der Waals surface area contributed by atoms with E-state index in [0.29, 0.717) is 5.56 Å². The van der Waals surface area contributed by atoms with Crippen molar-refractivity contribution in [3.05, 3.63) is 41.7 Å². The lowest BCUT2D eigenvalue weighted by Crippen LogP contribution is -2.03. The molecule has 0 aliphatic carbocycles. The fourth-order valence-electron chi connectivity index (χ4n) is 0.955. The lowest BCUT2D eigenvalue weighted by Gasteiger charge is -1.98. The second-order valence-corrected chi connectivity index (χ2v) is 2.62. The van der Waals surface area contributed by atoms with Gasteiger partial charge in [-0.15, -0.1) is 0 Å². The van der Waals surface area contributed by atoms with E-state index >= 15 is 0 Å². The van der Waals surface area contributed by atoms with Crippen LogP contribution < -0.4 is 0 Å². The van der Waals surface area contributed by atoms with Crippen LogP contribution in [0.25, 0.3) is 6.08 Å². The molecule has 0 aromatic heterocycles. The van der Waals surface area contributed by atoms with Crippen molar-refractivity contribution in [2.24, 2.45) is 0 Å². The molecule has 0 aliphatic heterocycles. The van der Waals surface area contributed by atoms with Crippen LogP contribution in [0.3, 0.4) is 0 Å². The summed E-state index contributed by atoms with van der Waals surface area (Å²) in [6.07, 6.45) is 1.15. The molecule has 2 nitrogen and oxygen atoms in total. The predicted molar refractivity (Wildman–Crippen MR) is 52.2 cm³/mol. The van der Waals surface area contributed by atoms with Crippen LogP contribution in [0.2, 0.25) is 0 Å². The highest BCUT2D eigenvalue weighted by Gasteiger charge is 2.08. The van der Waals surface area contributed by atoms with Crippen molar-refractivity contribution >= 4 is 12.0 Å². The van der Waals surface area contributed by atoms with Crippen LogP contribution in [-0.2, 0) is 9.53 Å². The Morgan fingerprint density at radius 2 is 2.07 bits per heavy atom. The molecular formula is C11H11FO2. The van der Waals surface area contributed by atoms with Gasteiger partial charge >= 0.3 is 5.97 Å². The fourth-order valence-corrected chi connectivity index (χ4v) is 0.955. The van der Waals surface area contributed by atoms with Crippen LogP contribution in [0.4, 0.5) is 4.39 Å². The smallest absolute Gasteiger partial charge is 0.367 e. The highest BCUT2D eigenvalue weighted by molar-refractivity contribution is 5.91. The third-order valence-corrected chi connectivity index (χ3v) is 1.56. The summed E-state index contributed by atoms with van der Waals surface area (Å²) in [5.41, 5.74) is 0.637. The molecule has 0 saturated heterocycles. The third-order valence-electron chi connectivity index (χ3n) is 1.56. The number of hydrogen-bond donors (Lipinski definition) is 0. The zero-order valence-corrected chi connectivity index (χ0v) is 7.87. The molecule has 3 heteroatoms. The second-order valence-electron chi connectivity index (χ2n) is 2.62. The summed E-state index contributed by atoms with van der Waals surface area (Å²) in [7, 11) is 0. The number of hydrogen-bond acceptors (Lipinski definition) is 2. The number of benzene rings is 1. The average Bonchev–Trinajstić information content (AvgIpc) is 2.19.